The van der Waals surface area contributed by atoms with Crippen molar-refractivity contribution in [1.29, 1.82) is 5.26 Å². The Balaban J connectivity index is 1.79. The number of benzene rings is 1. The Kier molecular flexibility index (Phi) is 17.0. The van der Waals surface area contributed by atoms with Crippen molar-refractivity contribution >= 4 is 29.3 Å². The predicted molar refractivity (Wildman–Crippen MR) is 215 cm³/mol. The second kappa shape index (κ2) is 20.4. The zero-order chi connectivity index (χ0) is 41.2. The van der Waals surface area contributed by atoms with Crippen molar-refractivity contribution in [2.24, 2.45) is 17.8 Å². The summed E-state index contributed by atoms with van der Waals surface area (Å²) in [4.78, 5) is 63.3. The summed E-state index contributed by atoms with van der Waals surface area (Å²) in [6.07, 6.45) is 4.11. The van der Waals surface area contributed by atoms with Gasteiger partial charge >= 0.3 is 0 Å². The highest BCUT2D eigenvalue weighted by Crippen LogP contribution is 2.37. The summed E-state index contributed by atoms with van der Waals surface area (Å²) >= 11 is 0. The minimum absolute atomic E-state index is 0.0158. The minimum Gasteiger partial charge on any atom is -0.399 e. The number of methoxy groups -OCH3 is 2. The lowest BCUT2D eigenvalue weighted by atomic mass is 9.74. The summed E-state index contributed by atoms with van der Waals surface area (Å²) in [6.45, 7) is 10.3. The van der Waals surface area contributed by atoms with Crippen molar-refractivity contribution in [3.63, 3.8) is 0 Å². The van der Waals surface area contributed by atoms with E-state index in [9.17, 15) is 24.4 Å². The molecule has 0 spiro atoms. The second-order valence-electron chi connectivity index (χ2n) is 16.5. The first kappa shape index (κ1) is 45.7. The number of carbonyl (C=O) groups excluding carboxylic acids is 4. The molecule has 1 aliphatic heterocycles. The first-order chi connectivity index (χ1) is 26.0. The molecule has 13 heteroatoms. The lowest BCUT2D eigenvalue weighted by Crippen LogP contribution is -2.65. The van der Waals surface area contributed by atoms with Gasteiger partial charge in [0.05, 0.1) is 54.7 Å². The van der Waals surface area contributed by atoms with Crippen LogP contribution in [0.2, 0.25) is 0 Å². The monoisotopic (exact) mass is 768 g/mol. The zero-order valence-corrected chi connectivity index (χ0v) is 35.3. The van der Waals surface area contributed by atoms with E-state index >= 15 is 0 Å². The second-order valence-corrected chi connectivity index (χ2v) is 16.5. The smallest absolute Gasteiger partial charge is 0.245 e. The number of nitrogens with two attached hydrogens (primary N) is 1. The van der Waals surface area contributed by atoms with Gasteiger partial charge in [-0.2, -0.15) is 5.26 Å². The number of likely N-dealkylation sites (tertiary alicyclic amines) is 1. The van der Waals surface area contributed by atoms with E-state index in [0.717, 1.165) is 37.7 Å². The Morgan fingerprint density at radius 1 is 1.02 bits per heavy atom. The number of nitrogen functional groups attached to an aromatic ring is 1. The molecule has 2 fully saturated rings. The Morgan fingerprint density at radius 2 is 1.69 bits per heavy atom. The number of nitrogens with one attached hydrogen (secondary N) is 1. The van der Waals surface area contributed by atoms with Crippen molar-refractivity contribution < 1.29 is 28.7 Å². The van der Waals surface area contributed by atoms with Crippen LogP contribution in [-0.2, 0) is 35.1 Å². The van der Waals surface area contributed by atoms with Crippen LogP contribution in [0.1, 0.15) is 91.5 Å². The summed E-state index contributed by atoms with van der Waals surface area (Å²) in [7, 11) is 10.4. The normalized spacial score (nSPS) is 20.4. The average molecular weight is 768 g/mol. The lowest BCUT2D eigenvalue weighted by molar-refractivity contribution is -0.150. The molecule has 8 atom stereocenters. The number of carbonyl (C=O) groups is 4. The van der Waals surface area contributed by atoms with E-state index in [1.807, 2.05) is 62.9 Å². The largest absolute Gasteiger partial charge is 0.399 e. The topological polar surface area (TPSA) is 162 Å². The van der Waals surface area contributed by atoms with Crippen LogP contribution in [0.4, 0.5) is 5.69 Å². The summed E-state index contributed by atoms with van der Waals surface area (Å²) in [6, 6.07) is 7.79. The predicted octanol–water partition coefficient (Wildman–Crippen LogP) is 4.10. The van der Waals surface area contributed by atoms with Crippen LogP contribution >= 0.6 is 0 Å². The van der Waals surface area contributed by atoms with Crippen molar-refractivity contribution in [3.8, 4) is 6.07 Å². The van der Waals surface area contributed by atoms with E-state index in [1.165, 1.54) is 0 Å². The standard InChI is InChI=1S/C42H69N7O6/c1-12-28(4)37(48(9)40(52)36(27(2)3)45-41(53)42(46(6)7)20-15-21-42)34(54-10)26-35(50)49-23-14-18-33(49)38(55-11)29(5)39(51)47(8)32(19-22-43)25-30-16-13-17-31(44)24-30/h13,16-17,24,27-29,32-34,36-38H,12,14-15,18-21,23,25-26,44H2,1-11H3,(H,45,53)/t28?,29-,32-,33+,34-,36+,37+,38-/m1/s1. The third-order valence-corrected chi connectivity index (χ3v) is 12.6. The lowest BCUT2D eigenvalue weighted by Gasteiger charge is -2.46. The molecule has 0 aromatic heterocycles. The molecule has 1 saturated carbocycles. The van der Waals surface area contributed by atoms with E-state index in [-0.39, 0.29) is 60.4 Å². The summed E-state index contributed by atoms with van der Waals surface area (Å²) in [5.74, 6) is -1.41. The molecule has 1 heterocycles. The molecular formula is C42H69N7O6. The third kappa shape index (κ3) is 10.6. The third-order valence-electron chi connectivity index (χ3n) is 12.6. The highest BCUT2D eigenvalue weighted by molar-refractivity contribution is 5.93. The fourth-order valence-electron chi connectivity index (χ4n) is 8.64. The highest BCUT2D eigenvalue weighted by atomic mass is 16.5. The van der Waals surface area contributed by atoms with Crippen LogP contribution in [-0.4, -0.2) is 134 Å². The van der Waals surface area contributed by atoms with Gasteiger partial charge in [0.15, 0.2) is 0 Å². The molecule has 55 heavy (non-hydrogen) atoms. The number of hydrogen-bond acceptors (Lipinski definition) is 9. The molecule has 1 aromatic rings. The van der Waals surface area contributed by atoms with Crippen molar-refractivity contribution in [1.82, 2.24) is 24.9 Å². The molecule has 3 N–H and O–H groups in total. The molecule has 3 rings (SSSR count). The zero-order valence-electron chi connectivity index (χ0n) is 35.3. The molecule has 1 aliphatic carbocycles. The van der Waals surface area contributed by atoms with Crippen LogP contribution in [0, 0.1) is 29.1 Å². The van der Waals surface area contributed by atoms with Gasteiger partial charge in [-0.3, -0.25) is 24.1 Å². The van der Waals surface area contributed by atoms with E-state index in [0.29, 0.717) is 25.1 Å². The van der Waals surface area contributed by atoms with Gasteiger partial charge in [-0.25, -0.2) is 0 Å². The summed E-state index contributed by atoms with van der Waals surface area (Å²) < 4.78 is 12.1. The maximum absolute atomic E-state index is 14.3. The number of ether oxygens (including phenoxy) is 2. The van der Waals surface area contributed by atoms with E-state index in [1.54, 1.807) is 44.2 Å². The van der Waals surface area contributed by atoms with Gasteiger partial charge < -0.3 is 35.2 Å². The Bertz CT molecular complexity index is 1490. The molecule has 1 saturated heterocycles. The van der Waals surface area contributed by atoms with Gasteiger partial charge in [0.2, 0.25) is 23.6 Å². The number of nitrogens with zero attached hydrogens (tertiary/aromatic N) is 5. The quantitative estimate of drug-likeness (QED) is 0.186. The van der Waals surface area contributed by atoms with Gasteiger partial charge in [0.25, 0.3) is 0 Å². The van der Waals surface area contributed by atoms with E-state index in [4.69, 9.17) is 15.2 Å². The van der Waals surface area contributed by atoms with Gasteiger partial charge in [0, 0.05) is 46.6 Å². The van der Waals surface area contributed by atoms with Crippen LogP contribution < -0.4 is 11.1 Å². The van der Waals surface area contributed by atoms with Gasteiger partial charge in [-0.05, 0) is 82.2 Å². The number of amides is 4. The molecule has 1 unspecified atom stereocenters. The first-order valence-electron chi connectivity index (χ1n) is 20.1. The Hall–Kier alpha value is -3.73. The molecule has 0 radical (unpaired) electrons. The summed E-state index contributed by atoms with van der Waals surface area (Å²) in [5.41, 5.74) is 6.95. The van der Waals surface area contributed by atoms with Crippen LogP contribution in [0.5, 0.6) is 0 Å². The Labute approximate surface area is 330 Å². The number of likely N-dealkylation sites (N-methyl/N-ethyl adjacent to an activating group) is 3. The summed E-state index contributed by atoms with van der Waals surface area (Å²) in [5, 5.41) is 12.7. The molecule has 2 aliphatic rings. The van der Waals surface area contributed by atoms with Crippen molar-refractivity contribution in [2.45, 2.75) is 134 Å². The number of hydrogen-bond donors (Lipinski definition) is 2. The van der Waals surface area contributed by atoms with Crippen LogP contribution in [0.3, 0.4) is 0 Å². The number of rotatable bonds is 20. The van der Waals surface area contributed by atoms with Crippen molar-refractivity contribution in [3.05, 3.63) is 29.8 Å². The molecule has 308 valence electrons. The van der Waals surface area contributed by atoms with Crippen LogP contribution in [0.15, 0.2) is 24.3 Å². The fourth-order valence-corrected chi connectivity index (χ4v) is 8.64. The van der Waals surface area contributed by atoms with Crippen LogP contribution in [0.25, 0.3) is 0 Å². The first-order valence-corrected chi connectivity index (χ1v) is 20.1. The molecule has 13 nitrogen and oxygen atoms in total. The van der Waals surface area contributed by atoms with Gasteiger partial charge in [-0.1, -0.05) is 53.2 Å². The maximum atomic E-state index is 14.3. The maximum Gasteiger partial charge on any atom is 0.245 e. The molecule has 1 aromatic carbocycles. The fraction of sp³-hybridized carbons (Fsp3) is 0.738. The van der Waals surface area contributed by atoms with Gasteiger partial charge in [0.1, 0.15) is 6.04 Å². The van der Waals surface area contributed by atoms with Crippen molar-refractivity contribution in [2.75, 3.05) is 54.7 Å². The SMILES string of the molecule is CCC(C)[C@@H]([C@@H](CC(=O)N1CCC[C@H]1[C@H](OC)[C@@H](C)C(=O)N(C)[C@H](CC#N)Cc1cccc(N)c1)OC)N(C)C(=O)[C@@H](NC(=O)C1(N(C)C)CCC1)C(C)C. The highest BCUT2D eigenvalue weighted by Gasteiger charge is 2.48. The molecule has 0 bridgehead atoms. The number of anilines is 1. The number of nitriles is 1. The minimum atomic E-state index is -0.740. The molecular weight excluding hydrogens is 699 g/mol. The average Bonchev–Trinajstić information content (AvgIpc) is 3.61. The van der Waals surface area contributed by atoms with Gasteiger partial charge in [-0.15, -0.1) is 0 Å². The molecule has 4 amide bonds. The van der Waals surface area contributed by atoms with E-state index < -0.39 is 35.7 Å². The van der Waals surface area contributed by atoms with E-state index in [2.05, 4.69) is 25.2 Å². The Morgan fingerprint density at radius 3 is 2.20 bits per heavy atom.